The Morgan fingerprint density at radius 1 is 1.23 bits per heavy atom. The molecule has 0 saturated heterocycles. The molecule has 0 rings (SSSR count). The third kappa shape index (κ3) is 9.54. The largest absolute Gasteiger partial charge is 0.330 e. The average Bonchev–Trinajstić information content (AvgIpc) is 2.03. The second kappa shape index (κ2) is 8.24. The summed E-state index contributed by atoms with van der Waals surface area (Å²) in [6, 6.07) is 0. The predicted octanol–water partition coefficient (Wildman–Crippen LogP) is 2.51. The van der Waals surface area contributed by atoms with Crippen LogP contribution < -0.4 is 5.73 Å². The highest BCUT2D eigenvalue weighted by atomic mass is 16.1. The molecule has 0 radical (unpaired) electrons. The summed E-state index contributed by atoms with van der Waals surface area (Å²) in [6.45, 7) is 4.71. The SMILES string of the molecule is CC(=O)CCCCCC(C)CCN. The van der Waals surface area contributed by atoms with Crippen molar-refractivity contribution in [1.29, 1.82) is 0 Å². The van der Waals surface area contributed by atoms with Gasteiger partial charge in [-0.1, -0.05) is 26.2 Å². The van der Waals surface area contributed by atoms with Crippen LogP contribution in [0.3, 0.4) is 0 Å². The van der Waals surface area contributed by atoms with Gasteiger partial charge in [-0.2, -0.15) is 0 Å². The van der Waals surface area contributed by atoms with E-state index in [9.17, 15) is 4.79 Å². The number of hydrogen-bond donors (Lipinski definition) is 1. The summed E-state index contributed by atoms with van der Waals surface area (Å²) < 4.78 is 0. The Morgan fingerprint density at radius 3 is 2.46 bits per heavy atom. The maximum Gasteiger partial charge on any atom is 0.129 e. The molecule has 1 atom stereocenters. The van der Waals surface area contributed by atoms with E-state index < -0.39 is 0 Å². The van der Waals surface area contributed by atoms with E-state index in [2.05, 4.69) is 6.92 Å². The minimum Gasteiger partial charge on any atom is -0.330 e. The lowest BCUT2D eigenvalue weighted by molar-refractivity contribution is -0.117. The lowest BCUT2D eigenvalue weighted by Gasteiger charge is -2.08. The third-order valence-electron chi connectivity index (χ3n) is 2.39. The molecule has 2 heteroatoms. The van der Waals surface area contributed by atoms with Crippen molar-refractivity contribution in [2.75, 3.05) is 6.54 Å². The fourth-order valence-corrected chi connectivity index (χ4v) is 1.47. The molecule has 0 aliphatic heterocycles. The number of unbranched alkanes of at least 4 members (excludes halogenated alkanes) is 2. The number of rotatable bonds is 8. The molecular weight excluding hydrogens is 162 g/mol. The smallest absolute Gasteiger partial charge is 0.129 e. The van der Waals surface area contributed by atoms with Crippen LogP contribution >= 0.6 is 0 Å². The molecule has 0 aromatic rings. The van der Waals surface area contributed by atoms with Crippen LogP contribution in [0, 0.1) is 5.92 Å². The number of Topliss-reactive ketones (excluding diaryl/α,β-unsaturated/α-hetero) is 1. The summed E-state index contributed by atoms with van der Waals surface area (Å²) in [6.07, 6.45) is 6.64. The normalized spacial score (nSPS) is 12.8. The molecule has 0 aromatic heterocycles. The van der Waals surface area contributed by atoms with Gasteiger partial charge in [0.25, 0.3) is 0 Å². The summed E-state index contributed by atoms with van der Waals surface area (Å²) in [7, 11) is 0. The predicted molar refractivity (Wildman–Crippen MR) is 56.6 cm³/mol. The molecule has 78 valence electrons. The van der Waals surface area contributed by atoms with E-state index in [1.165, 1.54) is 19.3 Å². The lowest BCUT2D eigenvalue weighted by Crippen LogP contribution is -2.05. The van der Waals surface area contributed by atoms with Crippen LogP contribution in [-0.4, -0.2) is 12.3 Å². The van der Waals surface area contributed by atoms with Gasteiger partial charge in [0.05, 0.1) is 0 Å². The number of hydrogen-bond acceptors (Lipinski definition) is 2. The highest BCUT2D eigenvalue weighted by molar-refractivity contribution is 5.75. The van der Waals surface area contributed by atoms with Gasteiger partial charge in [0.15, 0.2) is 0 Å². The van der Waals surface area contributed by atoms with Gasteiger partial charge in [0.1, 0.15) is 5.78 Å². The first kappa shape index (κ1) is 12.6. The van der Waals surface area contributed by atoms with Gasteiger partial charge < -0.3 is 10.5 Å². The fraction of sp³-hybridized carbons (Fsp3) is 0.909. The molecule has 0 aliphatic carbocycles. The second-order valence-electron chi connectivity index (χ2n) is 3.98. The zero-order chi connectivity index (χ0) is 10.1. The van der Waals surface area contributed by atoms with E-state index in [0.717, 1.165) is 31.7 Å². The Kier molecular flexibility index (Phi) is 8.00. The van der Waals surface area contributed by atoms with Crippen molar-refractivity contribution in [3.8, 4) is 0 Å². The number of carbonyl (C=O) groups is 1. The molecule has 1 unspecified atom stereocenters. The van der Waals surface area contributed by atoms with Crippen LogP contribution in [0.4, 0.5) is 0 Å². The van der Waals surface area contributed by atoms with Crippen LogP contribution in [0.25, 0.3) is 0 Å². The molecule has 0 bridgehead atoms. The zero-order valence-corrected chi connectivity index (χ0v) is 9.01. The molecule has 2 N–H and O–H groups in total. The molecule has 0 amide bonds. The summed E-state index contributed by atoms with van der Waals surface area (Å²) >= 11 is 0. The van der Waals surface area contributed by atoms with E-state index in [4.69, 9.17) is 5.73 Å². The standard InChI is InChI=1S/C11H23NO/c1-10(8-9-12)6-4-3-5-7-11(2)13/h10H,3-9,12H2,1-2H3. The Hall–Kier alpha value is -0.370. The van der Waals surface area contributed by atoms with Crippen LogP contribution in [-0.2, 0) is 4.79 Å². The lowest BCUT2D eigenvalue weighted by atomic mass is 9.99. The van der Waals surface area contributed by atoms with Gasteiger partial charge >= 0.3 is 0 Å². The van der Waals surface area contributed by atoms with Gasteiger partial charge in [-0.15, -0.1) is 0 Å². The number of ketones is 1. The molecule has 0 fully saturated rings. The maximum absolute atomic E-state index is 10.6. The molecular formula is C11H23NO. The minimum atomic E-state index is 0.315. The van der Waals surface area contributed by atoms with Crippen LogP contribution in [0.5, 0.6) is 0 Å². The summed E-state index contributed by atoms with van der Waals surface area (Å²) in [4.78, 5) is 10.6. The highest BCUT2D eigenvalue weighted by Crippen LogP contribution is 2.12. The first-order chi connectivity index (χ1) is 6.16. The summed E-state index contributed by atoms with van der Waals surface area (Å²) in [5, 5.41) is 0. The topological polar surface area (TPSA) is 43.1 Å². The fourth-order valence-electron chi connectivity index (χ4n) is 1.47. The first-order valence-electron chi connectivity index (χ1n) is 5.36. The van der Waals surface area contributed by atoms with Crippen LogP contribution in [0.2, 0.25) is 0 Å². The quantitative estimate of drug-likeness (QED) is 0.590. The van der Waals surface area contributed by atoms with Crippen molar-refractivity contribution in [3.05, 3.63) is 0 Å². The molecule has 2 nitrogen and oxygen atoms in total. The minimum absolute atomic E-state index is 0.315. The van der Waals surface area contributed by atoms with Gasteiger partial charge in [-0.3, -0.25) is 0 Å². The van der Waals surface area contributed by atoms with E-state index in [-0.39, 0.29) is 0 Å². The first-order valence-corrected chi connectivity index (χ1v) is 5.36. The van der Waals surface area contributed by atoms with Crippen LogP contribution in [0.15, 0.2) is 0 Å². The van der Waals surface area contributed by atoms with Crippen LogP contribution in [0.1, 0.15) is 52.4 Å². The Balaban J connectivity index is 3.11. The molecule has 0 spiro atoms. The van der Waals surface area contributed by atoms with Gasteiger partial charge in [0, 0.05) is 6.42 Å². The molecule has 0 aliphatic rings. The van der Waals surface area contributed by atoms with Crippen molar-refractivity contribution in [1.82, 2.24) is 0 Å². The van der Waals surface area contributed by atoms with E-state index >= 15 is 0 Å². The monoisotopic (exact) mass is 185 g/mol. The molecule has 0 aromatic carbocycles. The van der Waals surface area contributed by atoms with E-state index in [1.54, 1.807) is 6.92 Å². The third-order valence-corrected chi connectivity index (χ3v) is 2.39. The molecule has 0 heterocycles. The zero-order valence-electron chi connectivity index (χ0n) is 9.01. The van der Waals surface area contributed by atoms with Crippen molar-refractivity contribution in [2.45, 2.75) is 52.4 Å². The van der Waals surface area contributed by atoms with Crippen molar-refractivity contribution in [2.24, 2.45) is 11.7 Å². The Morgan fingerprint density at radius 2 is 1.92 bits per heavy atom. The Labute approximate surface area is 81.9 Å². The molecule has 13 heavy (non-hydrogen) atoms. The number of carbonyl (C=O) groups excluding carboxylic acids is 1. The molecule has 0 saturated carbocycles. The summed E-state index contributed by atoms with van der Waals surface area (Å²) in [5.74, 6) is 1.07. The highest BCUT2D eigenvalue weighted by Gasteiger charge is 2.00. The van der Waals surface area contributed by atoms with Crippen molar-refractivity contribution in [3.63, 3.8) is 0 Å². The summed E-state index contributed by atoms with van der Waals surface area (Å²) in [5.41, 5.74) is 5.45. The van der Waals surface area contributed by atoms with Gasteiger partial charge in [-0.25, -0.2) is 0 Å². The second-order valence-corrected chi connectivity index (χ2v) is 3.98. The van der Waals surface area contributed by atoms with Gasteiger partial charge in [0.2, 0.25) is 0 Å². The van der Waals surface area contributed by atoms with Crippen molar-refractivity contribution >= 4 is 5.78 Å². The number of nitrogens with two attached hydrogens (primary N) is 1. The van der Waals surface area contributed by atoms with E-state index in [0.29, 0.717) is 5.78 Å². The average molecular weight is 185 g/mol. The maximum atomic E-state index is 10.6. The van der Waals surface area contributed by atoms with Crippen molar-refractivity contribution < 1.29 is 4.79 Å². The van der Waals surface area contributed by atoms with Gasteiger partial charge in [-0.05, 0) is 32.2 Å². The Bertz CT molecular complexity index is 134. The van der Waals surface area contributed by atoms with E-state index in [1.807, 2.05) is 0 Å².